The smallest absolute Gasteiger partial charge is 0.255 e. The summed E-state index contributed by atoms with van der Waals surface area (Å²) in [7, 11) is 0. The monoisotopic (exact) mass is 353 g/mol. The van der Waals surface area contributed by atoms with Crippen LogP contribution in [-0.4, -0.2) is 10.9 Å². The van der Waals surface area contributed by atoms with E-state index in [0.717, 1.165) is 22.1 Å². The molecule has 20 heavy (non-hydrogen) atoms. The predicted octanol–water partition coefficient (Wildman–Crippen LogP) is 3.89. The lowest BCUT2D eigenvalue weighted by atomic mass is 10.1. The first-order chi connectivity index (χ1) is 9.49. The first-order valence-electron chi connectivity index (χ1n) is 6.02. The Balaban J connectivity index is 2.27. The third-order valence-electron chi connectivity index (χ3n) is 2.77. The number of carbonyl (C=O) groups excluding carboxylic acids is 1. The van der Waals surface area contributed by atoms with Crippen molar-refractivity contribution in [1.82, 2.24) is 4.98 Å². The fourth-order valence-corrected chi connectivity index (χ4v) is 2.44. The second kappa shape index (κ2) is 6.24. The maximum Gasteiger partial charge on any atom is 0.255 e. The zero-order chi connectivity index (χ0) is 14.7. The number of carbonyl (C=O) groups is 1. The lowest BCUT2D eigenvalue weighted by molar-refractivity contribution is 0.102. The number of rotatable bonds is 3. The van der Waals surface area contributed by atoms with E-state index in [2.05, 4.69) is 26.2 Å². The number of nitrogens with zero attached hydrogens (tertiary/aromatic N) is 1. The molecule has 0 saturated heterocycles. The Kier molecular flexibility index (Phi) is 4.62. The molecule has 0 radical (unpaired) electrons. The summed E-state index contributed by atoms with van der Waals surface area (Å²) >= 11 is 9.21. The molecule has 1 aromatic carbocycles. The molecule has 0 saturated carbocycles. The molecule has 1 amide bonds. The van der Waals surface area contributed by atoms with Crippen molar-refractivity contribution < 1.29 is 4.79 Å². The number of aryl methyl sites for hydroxylation is 1. The Morgan fingerprint density at radius 2 is 2.15 bits per heavy atom. The average molecular weight is 355 g/mol. The van der Waals surface area contributed by atoms with Crippen LogP contribution in [0.5, 0.6) is 0 Å². The quantitative estimate of drug-likeness (QED) is 0.822. The number of nitrogens with two attached hydrogens (primary N) is 1. The highest BCUT2D eigenvalue weighted by atomic mass is 79.9. The molecule has 6 heteroatoms. The number of nitrogens with one attached hydrogen (secondary N) is 1. The molecular weight excluding hydrogens is 342 g/mol. The number of pyridine rings is 1. The van der Waals surface area contributed by atoms with Gasteiger partial charge in [-0.25, -0.2) is 4.98 Å². The van der Waals surface area contributed by atoms with Gasteiger partial charge in [-0.15, -0.1) is 0 Å². The van der Waals surface area contributed by atoms with E-state index in [1.165, 1.54) is 12.1 Å². The van der Waals surface area contributed by atoms with Crippen LogP contribution in [0.25, 0.3) is 0 Å². The number of hydrogen-bond acceptors (Lipinski definition) is 3. The van der Waals surface area contributed by atoms with Gasteiger partial charge >= 0.3 is 0 Å². The van der Waals surface area contributed by atoms with Gasteiger partial charge in [0.05, 0.1) is 0 Å². The Bertz CT molecular complexity index is 641. The summed E-state index contributed by atoms with van der Waals surface area (Å²) in [5.74, 6) is -0.0489. The first-order valence-corrected chi connectivity index (χ1v) is 7.19. The van der Waals surface area contributed by atoms with E-state index < -0.39 is 0 Å². The van der Waals surface area contributed by atoms with Crippen LogP contribution in [0, 0.1) is 0 Å². The summed E-state index contributed by atoms with van der Waals surface area (Å²) in [6, 6.07) is 8.68. The molecule has 0 aliphatic heterocycles. The molecule has 104 valence electrons. The Hall–Kier alpha value is -1.59. The van der Waals surface area contributed by atoms with Crippen molar-refractivity contribution in [3.8, 4) is 0 Å². The second-order valence-corrected chi connectivity index (χ2v) is 5.52. The Morgan fingerprint density at radius 3 is 2.80 bits per heavy atom. The van der Waals surface area contributed by atoms with Gasteiger partial charge in [-0.1, -0.05) is 34.5 Å². The summed E-state index contributed by atoms with van der Waals surface area (Å²) in [5, 5.41) is 3.05. The molecule has 0 bridgehead atoms. The highest BCUT2D eigenvalue weighted by molar-refractivity contribution is 9.10. The molecule has 4 nitrogen and oxygen atoms in total. The fourth-order valence-electron chi connectivity index (χ4n) is 1.82. The van der Waals surface area contributed by atoms with Gasteiger partial charge in [-0.3, -0.25) is 4.79 Å². The van der Waals surface area contributed by atoms with Gasteiger partial charge in [-0.2, -0.15) is 0 Å². The summed E-state index contributed by atoms with van der Waals surface area (Å²) in [4.78, 5) is 16.0. The lowest BCUT2D eigenvalue weighted by Crippen LogP contribution is -2.14. The van der Waals surface area contributed by atoms with Crippen molar-refractivity contribution in [2.75, 3.05) is 11.1 Å². The number of amides is 1. The standard InChI is InChI=1S/C14H13BrClN3O/c1-2-8-5-10(15)3-4-11(8)18-14(20)9-6-12(16)19-13(17)7-9/h3-7H,2H2,1H3,(H2,17,19)(H,18,20). The molecule has 1 aromatic heterocycles. The highest BCUT2D eigenvalue weighted by Gasteiger charge is 2.11. The summed E-state index contributed by atoms with van der Waals surface area (Å²) in [6.45, 7) is 2.03. The van der Waals surface area contributed by atoms with Gasteiger partial charge in [0, 0.05) is 15.7 Å². The number of aromatic nitrogens is 1. The first kappa shape index (κ1) is 14.8. The van der Waals surface area contributed by atoms with E-state index >= 15 is 0 Å². The van der Waals surface area contributed by atoms with Crippen LogP contribution in [-0.2, 0) is 6.42 Å². The zero-order valence-electron chi connectivity index (χ0n) is 10.8. The second-order valence-electron chi connectivity index (χ2n) is 4.21. The van der Waals surface area contributed by atoms with Crippen LogP contribution >= 0.6 is 27.5 Å². The minimum Gasteiger partial charge on any atom is -0.384 e. The van der Waals surface area contributed by atoms with Crippen LogP contribution in [0.15, 0.2) is 34.8 Å². The number of benzene rings is 1. The van der Waals surface area contributed by atoms with Crippen molar-refractivity contribution >= 4 is 44.9 Å². The van der Waals surface area contributed by atoms with Crippen LogP contribution in [0.2, 0.25) is 5.15 Å². The minimum absolute atomic E-state index is 0.196. The predicted molar refractivity (Wildman–Crippen MR) is 85.1 cm³/mol. The topological polar surface area (TPSA) is 68.0 Å². The average Bonchev–Trinajstić information content (AvgIpc) is 2.39. The number of nitrogen functional groups attached to an aromatic ring is 1. The van der Waals surface area contributed by atoms with Crippen molar-refractivity contribution in [2.24, 2.45) is 0 Å². The fraction of sp³-hybridized carbons (Fsp3) is 0.143. The number of anilines is 2. The maximum absolute atomic E-state index is 12.2. The van der Waals surface area contributed by atoms with E-state index in [1.54, 1.807) is 0 Å². The molecular formula is C14H13BrClN3O. The van der Waals surface area contributed by atoms with Gasteiger partial charge < -0.3 is 11.1 Å². The number of halogens is 2. The van der Waals surface area contributed by atoms with E-state index in [4.69, 9.17) is 17.3 Å². The molecule has 2 aromatic rings. The summed E-state index contributed by atoms with van der Waals surface area (Å²) < 4.78 is 0.976. The van der Waals surface area contributed by atoms with Crippen molar-refractivity contribution in [2.45, 2.75) is 13.3 Å². The molecule has 0 spiro atoms. The van der Waals surface area contributed by atoms with Gasteiger partial charge in [0.25, 0.3) is 5.91 Å². The van der Waals surface area contributed by atoms with Gasteiger partial charge in [-0.05, 0) is 42.3 Å². The van der Waals surface area contributed by atoms with Crippen molar-refractivity contribution in [3.05, 3.63) is 51.1 Å². The van der Waals surface area contributed by atoms with Gasteiger partial charge in [0.2, 0.25) is 0 Å². The highest BCUT2D eigenvalue weighted by Crippen LogP contribution is 2.22. The molecule has 0 atom stereocenters. The lowest BCUT2D eigenvalue weighted by Gasteiger charge is -2.11. The number of hydrogen-bond donors (Lipinski definition) is 2. The van der Waals surface area contributed by atoms with Gasteiger partial charge in [0.1, 0.15) is 11.0 Å². The van der Waals surface area contributed by atoms with Gasteiger partial charge in [0.15, 0.2) is 0 Å². The zero-order valence-corrected chi connectivity index (χ0v) is 13.1. The summed E-state index contributed by atoms with van der Waals surface area (Å²) in [6.07, 6.45) is 0.814. The SMILES string of the molecule is CCc1cc(Br)ccc1NC(=O)c1cc(N)nc(Cl)c1. The molecule has 0 fully saturated rings. The van der Waals surface area contributed by atoms with E-state index in [-0.39, 0.29) is 16.9 Å². The molecule has 0 aliphatic carbocycles. The summed E-state index contributed by atoms with van der Waals surface area (Å²) in [5.41, 5.74) is 7.78. The normalized spacial score (nSPS) is 10.3. The largest absolute Gasteiger partial charge is 0.384 e. The van der Waals surface area contributed by atoms with Crippen molar-refractivity contribution in [3.63, 3.8) is 0 Å². The third-order valence-corrected chi connectivity index (χ3v) is 3.46. The Labute approximate surface area is 130 Å². The third kappa shape index (κ3) is 3.49. The van der Waals surface area contributed by atoms with Crippen LogP contribution < -0.4 is 11.1 Å². The molecule has 2 rings (SSSR count). The van der Waals surface area contributed by atoms with Crippen LogP contribution in [0.1, 0.15) is 22.8 Å². The van der Waals surface area contributed by atoms with Crippen molar-refractivity contribution in [1.29, 1.82) is 0 Å². The molecule has 0 aliphatic rings. The van der Waals surface area contributed by atoms with Crippen LogP contribution in [0.3, 0.4) is 0 Å². The molecule has 1 heterocycles. The van der Waals surface area contributed by atoms with E-state index in [1.807, 2.05) is 25.1 Å². The Morgan fingerprint density at radius 1 is 1.40 bits per heavy atom. The molecule has 3 N–H and O–H groups in total. The van der Waals surface area contributed by atoms with E-state index in [9.17, 15) is 4.79 Å². The molecule has 0 unspecified atom stereocenters. The van der Waals surface area contributed by atoms with Crippen LogP contribution in [0.4, 0.5) is 11.5 Å². The minimum atomic E-state index is -0.266. The maximum atomic E-state index is 12.2. The van der Waals surface area contributed by atoms with E-state index in [0.29, 0.717) is 5.56 Å².